The van der Waals surface area contributed by atoms with Crippen LogP contribution in [-0.4, -0.2) is 28.3 Å². The van der Waals surface area contributed by atoms with E-state index in [1.54, 1.807) is 12.4 Å². The van der Waals surface area contributed by atoms with E-state index in [9.17, 15) is 0 Å². The van der Waals surface area contributed by atoms with Gasteiger partial charge in [-0.1, -0.05) is 5.16 Å². The van der Waals surface area contributed by atoms with E-state index in [1.807, 2.05) is 12.1 Å². The van der Waals surface area contributed by atoms with Crippen molar-refractivity contribution in [3.8, 4) is 5.75 Å². The Morgan fingerprint density at radius 3 is 3.22 bits per heavy atom. The first-order valence-electron chi connectivity index (χ1n) is 5.85. The number of ether oxygens (including phenoxy) is 2. The number of hydrogen-bond acceptors (Lipinski definition) is 6. The number of hydrogen-bond donors (Lipinski definition) is 0. The quantitative estimate of drug-likeness (QED) is 0.816. The first-order chi connectivity index (χ1) is 8.92. The van der Waals surface area contributed by atoms with Crippen molar-refractivity contribution in [2.45, 2.75) is 18.9 Å². The van der Waals surface area contributed by atoms with Gasteiger partial charge in [0.2, 0.25) is 0 Å². The SMILES string of the molecule is c1cncc(OCc2nc([C@H]3CCOC3)no2)c1. The van der Waals surface area contributed by atoms with Gasteiger partial charge in [-0.2, -0.15) is 4.98 Å². The first-order valence-corrected chi connectivity index (χ1v) is 5.85. The van der Waals surface area contributed by atoms with Crippen LogP contribution in [0.15, 0.2) is 29.0 Å². The molecule has 1 saturated heterocycles. The molecule has 0 bridgehead atoms. The van der Waals surface area contributed by atoms with E-state index in [4.69, 9.17) is 14.0 Å². The summed E-state index contributed by atoms with van der Waals surface area (Å²) in [7, 11) is 0. The molecule has 0 spiro atoms. The number of nitrogens with zero attached hydrogens (tertiary/aromatic N) is 3. The molecule has 1 atom stereocenters. The zero-order valence-electron chi connectivity index (χ0n) is 9.78. The van der Waals surface area contributed by atoms with Gasteiger partial charge in [-0.05, 0) is 18.6 Å². The van der Waals surface area contributed by atoms with Crippen LogP contribution in [0.25, 0.3) is 0 Å². The van der Waals surface area contributed by atoms with Gasteiger partial charge in [0.05, 0.1) is 12.8 Å². The van der Waals surface area contributed by atoms with Gasteiger partial charge in [0, 0.05) is 18.7 Å². The van der Waals surface area contributed by atoms with Gasteiger partial charge in [0.1, 0.15) is 5.75 Å². The highest BCUT2D eigenvalue weighted by Gasteiger charge is 2.23. The van der Waals surface area contributed by atoms with Crippen molar-refractivity contribution in [3.05, 3.63) is 36.2 Å². The third kappa shape index (κ3) is 2.48. The molecule has 1 aliphatic rings. The van der Waals surface area contributed by atoms with Crippen LogP contribution in [0, 0.1) is 0 Å². The normalized spacial score (nSPS) is 19.0. The smallest absolute Gasteiger partial charge is 0.264 e. The summed E-state index contributed by atoms with van der Waals surface area (Å²) in [5, 5.41) is 3.95. The fraction of sp³-hybridized carbons (Fsp3) is 0.417. The van der Waals surface area contributed by atoms with E-state index < -0.39 is 0 Å². The van der Waals surface area contributed by atoms with E-state index in [2.05, 4.69) is 15.1 Å². The van der Waals surface area contributed by atoms with Crippen LogP contribution in [0.4, 0.5) is 0 Å². The number of pyridine rings is 1. The lowest BCUT2D eigenvalue weighted by molar-refractivity contribution is 0.192. The molecule has 1 fully saturated rings. The highest BCUT2D eigenvalue weighted by molar-refractivity contribution is 5.15. The molecular weight excluding hydrogens is 234 g/mol. The molecule has 0 aromatic carbocycles. The van der Waals surface area contributed by atoms with Crippen LogP contribution >= 0.6 is 0 Å². The molecule has 2 aromatic heterocycles. The summed E-state index contributed by atoms with van der Waals surface area (Å²) >= 11 is 0. The van der Waals surface area contributed by atoms with Gasteiger partial charge >= 0.3 is 0 Å². The van der Waals surface area contributed by atoms with E-state index in [1.165, 1.54) is 0 Å². The number of aromatic nitrogens is 3. The Kier molecular flexibility index (Phi) is 3.18. The summed E-state index contributed by atoms with van der Waals surface area (Å²) in [6.07, 6.45) is 4.28. The first kappa shape index (κ1) is 11.2. The third-order valence-electron chi connectivity index (χ3n) is 2.78. The largest absolute Gasteiger partial charge is 0.482 e. The van der Waals surface area contributed by atoms with Crippen LogP contribution < -0.4 is 4.74 Å². The van der Waals surface area contributed by atoms with Crippen molar-refractivity contribution >= 4 is 0 Å². The summed E-state index contributed by atoms with van der Waals surface area (Å²) in [4.78, 5) is 8.26. The predicted molar refractivity (Wildman–Crippen MR) is 61.0 cm³/mol. The van der Waals surface area contributed by atoms with Crippen molar-refractivity contribution in [2.24, 2.45) is 0 Å². The minimum absolute atomic E-state index is 0.251. The molecule has 0 unspecified atom stereocenters. The third-order valence-corrected chi connectivity index (χ3v) is 2.78. The Morgan fingerprint density at radius 1 is 1.44 bits per heavy atom. The zero-order valence-corrected chi connectivity index (χ0v) is 9.78. The highest BCUT2D eigenvalue weighted by Crippen LogP contribution is 2.22. The molecule has 3 heterocycles. The molecule has 6 nitrogen and oxygen atoms in total. The maximum absolute atomic E-state index is 5.48. The zero-order chi connectivity index (χ0) is 12.2. The fourth-order valence-corrected chi connectivity index (χ4v) is 1.81. The van der Waals surface area contributed by atoms with E-state index >= 15 is 0 Å². The van der Waals surface area contributed by atoms with Crippen molar-refractivity contribution in [3.63, 3.8) is 0 Å². The summed E-state index contributed by atoms with van der Waals surface area (Å²) in [5.74, 6) is 2.11. The predicted octanol–water partition coefficient (Wildman–Crippen LogP) is 1.55. The summed E-state index contributed by atoms with van der Waals surface area (Å²) in [6.45, 7) is 1.69. The number of rotatable bonds is 4. The lowest BCUT2D eigenvalue weighted by Gasteiger charge is -2.01. The second-order valence-electron chi connectivity index (χ2n) is 4.08. The van der Waals surface area contributed by atoms with Crippen LogP contribution in [-0.2, 0) is 11.3 Å². The maximum atomic E-state index is 5.48. The summed E-state index contributed by atoms with van der Waals surface area (Å²) in [6, 6.07) is 3.64. The Morgan fingerprint density at radius 2 is 2.44 bits per heavy atom. The Balaban J connectivity index is 1.60. The lowest BCUT2D eigenvalue weighted by Crippen LogP contribution is -2.01. The van der Waals surface area contributed by atoms with Gasteiger partial charge in [0.15, 0.2) is 12.4 Å². The molecule has 1 aliphatic heterocycles. The molecule has 3 rings (SSSR count). The second-order valence-corrected chi connectivity index (χ2v) is 4.08. The van der Waals surface area contributed by atoms with Gasteiger partial charge in [0.25, 0.3) is 5.89 Å². The Labute approximate surface area is 104 Å². The molecule has 0 amide bonds. The van der Waals surface area contributed by atoms with Gasteiger partial charge in [-0.3, -0.25) is 4.98 Å². The van der Waals surface area contributed by atoms with Gasteiger partial charge in [-0.15, -0.1) is 0 Å². The maximum Gasteiger partial charge on any atom is 0.264 e. The topological polar surface area (TPSA) is 70.3 Å². The molecule has 18 heavy (non-hydrogen) atoms. The Bertz CT molecular complexity index is 494. The molecule has 0 aliphatic carbocycles. The molecule has 2 aromatic rings. The van der Waals surface area contributed by atoms with Crippen molar-refractivity contribution < 1.29 is 14.0 Å². The Hall–Kier alpha value is -1.95. The van der Waals surface area contributed by atoms with Crippen LogP contribution in [0.1, 0.15) is 24.1 Å². The minimum atomic E-state index is 0.251. The van der Waals surface area contributed by atoms with Crippen LogP contribution in [0.2, 0.25) is 0 Å². The molecule has 0 saturated carbocycles. The summed E-state index contributed by atoms with van der Waals surface area (Å²) in [5.41, 5.74) is 0. The monoisotopic (exact) mass is 247 g/mol. The van der Waals surface area contributed by atoms with Crippen molar-refractivity contribution in [2.75, 3.05) is 13.2 Å². The fourth-order valence-electron chi connectivity index (χ4n) is 1.81. The van der Waals surface area contributed by atoms with Gasteiger partial charge < -0.3 is 14.0 Å². The van der Waals surface area contributed by atoms with Crippen molar-refractivity contribution in [1.82, 2.24) is 15.1 Å². The molecule has 0 N–H and O–H groups in total. The van der Waals surface area contributed by atoms with Crippen molar-refractivity contribution in [1.29, 1.82) is 0 Å². The van der Waals surface area contributed by atoms with Crippen LogP contribution in [0.5, 0.6) is 5.75 Å². The average Bonchev–Trinajstić information content (AvgIpc) is 3.08. The van der Waals surface area contributed by atoms with E-state index in [0.717, 1.165) is 13.0 Å². The second kappa shape index (κ2) is 5.14. The highest BCUT2D eigenvalue weighted by atomic mass is 16.5. The van der Waals surface area contributed by atoms with E-state index in [-0.39, 0.29) is 12.5 Å². The standard InChI is InChI=1S/C12H13N3O3/c1-2-10(6-13-4-1)17-8-11-14-12(15-18-11)9-3-5-16-7-9/h1-2,4,6,9H,3,5,7-8H2/t9-/m0/s1. The van der Waals surface area contributed by atoms with Crippen LogP contribution in [0.3, 0.4) is 0 Å². The molecule has 6 heteroatoms. The molecule has 94 valence electrons. The summed E-state index contributed by atoms with van der Waals surface area (Å²) < 4.78 is 15.9. The lowest BCUT2D eigenvalue weighted by atomic mass is 10.1. The van der Waals surface area contributed by atoms with Gasteiger partial charge in [-0.25, -0.2) is 0 Å². The molecule has 0 radical (unpaired) electrons. The molecular formula is C12H13N3O3. The average molecular weight is 247 g/mol. The van der Waals surface area contributed by atoms with E-state index in [0.29, 0.717) is 24.1 Å². The minimum Gasteiger partial charge on any atom is -0.482 e.